The van der Waals surface area contributed by atoms with Crippen LogP contribution in [0.4, 0.5) is 5.69 Å². The number of hydrogen-bond donors (Lipinski definition) is 2. The maximum Gasteiger partial charge on any atom is 0.261 e. The number of benzene rings is 2. The van der Waals surface area contributed by atoms with Crippen LogP contribution in [-0.2, 0) is 11.2 Å². The second-order valence-electron chi connectivity index (χ2n) is 9.44. The first-order valence-electron chi connectivity index (χ1n) is 11.2. The molecule has 2 aromatic carbocycles. The number of para-hydroxylation sites is 1. The highest BCUT2D eigenvalue weighted by molar-refractivity contribution is 6.32. The van der Waals surface area contributed by atoms with Gasteiger partial charge in [-0.2, -0.15) is 5.26 Å². The average Bonchev–Trinajstić information content (AvgIpc) is 3.19. The van der Waals surface area contributed by atoms with Crippen LogP contribution >= 0.6 is 11.6 Å². The Bertz CT molecular complexity index is 1280. The molecule has 1 aliphatic heterocycles. The van der Waals surface area contributed by atoms with E-state index in [0.717, 1.165) is 28.6 Å². The minimum absolute atomic E-state index is 0.0373. The summed E-state index contributed by atoms with van der Waals surface area (Å²) in [5.41, 5.74) is 5.27. The first kappa shape index (κ1) is 22.9. The number of hydrogen-bond acceptors (Lipinski definition) is 3. The van der Waals surface area contributed by atoms with Crippen LogP contribution in [0.3, 0.4) is 0 Å². The highest BCUT2D eigenvalue weighted by atomic mass is 35.5. The second kappa shape index (κ2) is 8.96. The van der Waals surface area contributed by atoms with Crippen LogP contribution in [0.25, 0.3) is 17.0 Å². The monoisotopic (exact) mass is 460 g/mol. The molecule has 170 valence electrons. The Morgan fingerprint density at radius 2 is 2.12 bits per heavy atom. The Balaban J connectivity index is 1.51. The summed E-state index contributed by atoms with van der Waals surface area (Å²) in [7, 11) is 2.08. The fourth-order valence-corrected chi connectivity index (χ4v) is 4.98. The summed E-state index contributed by atoms with van der Waals surface area (Å²) in [6.45, 7) is 7.09. The molecule has 1 unspecified atom stereocenters. The molecule has 0 radical (unpaired) electrons. The third-order valence-electron chi connectivity index (χ3n) is 6.77. The summed E-state index contributed by atoms with van der Waals surface area (Å²) < 4.78 is 0. The smallest absolute Gasteiger partial charge is 0.261 e. The van der Waals surface area contributed by atoms with Crippen LogP contribution in [0.5, 0.6) is 0 Å². The van der Waals surface area contributed by atoms with E-state index in [2.05, 4.69) is 49.1 Å². The molecule has 2 N–H and O–H groups in total. The number of anilines is 1. The summed E-state index contributed by atoms with van der Waals surface area (Å²) >= 11 is 6.58. The van der Waals surface area contributed by atoms with Gasteiger partial charge in [0, 0.05) is 46.9 Å². The van der Waals surface area contributed by atoms with Gasteiger partial charge < -0.3 is 15.2 Å². The SMILES string of the molecule is CC1CC(C)(C)N(C)c2cc(Cl)c(/C=C(/C#N)C(=O)NCCc3c[nH]c4ccccc34)cc21. The zero-order chi connectivity index (χ0) is 23.8. The van der Waals surface area contributed by atoms with E-state index in [1.54, 1.807) is 6.08 Å². The van der Waals surface area contributed by atoms with Gasteiger partial charge in [-0.3, -0.25) is 4.79 Å². The first-order chi connectivity index (χ1) is 15.7. The van der Waals surface area contributed by atoms with Crippen molar-refractivity contribution in [3.8, 4) is 6.07 Å². The van der Waals surface area contributed by atoms with Gasteiger partial charge in [0.25, 0.3) is 5.91 Å². The van der Waals surface area contributed by atoms with Crippen molar-refractivity contribution in [1.29, 1.82) is 5.26 Å². The minimum atomic E-state index is -0.391. The molecular weight excluding hydrogens is 432 g/mol. The lowest BCUT2D eigenvalue weighted by Gasteiger charge is -2.45. The van der Waals surface area contributed by atoms with Crippen molar-refractivity contribution in [3.63, 3.8) is 0 Å². The van der Waals surface area contributed by atoms with E-state index in [4.69, 9.17) is 11.6 Å². The van der Waals surface area contributed by atoms with Gasteiger partial charge in [-0.05, 0) is 73.6 Å². The van der Waals surface area contributed by atoms with E-state index >= 15 is 0 Å². The largest absolute Gasteiger partial charge is 0.369 e. The predicted molar refractivity (Wildman–Crippen MR) is 136 cm³/mol. The number of H-pyrrole nitrogens is 1. The molecule has 1 aromatic heterocycles. The van der Waals surface area contributed by atoms with Crippen molar-refractivity contribution in [2.75, 3.05) is 18.5 Å². The van der Waals surface area contributed by atoms with Gasteiger partial charge in [0.15, 0.2) is 0 Å². The molecule has 0 bridgehead atoms. The summed E-state index contributed by atoms with van der Waals surface area (Å²) in [6, 6.07) is 14.1. The van der Waals surface area contributed by atoms with E-state index in [9.17, 15) is 10.1 Å². The second-order valence-corrected chi connectivity index (χ2v) is 9.85. The molecule has 1 atom stereocenters. The Morgan fingerprint density at radius 1 is 1.36 bits per heavy atom. The lowest BCUT2D eigenvalue weighted by molar-refractivity contribution is -0.117. The molecule has 0 fully saturated rings. The number of nitrogens with zero attached hydrogens (tertiary/aromatic N) is 2. The summed E-state index contributed by atoms with van der Waals surface area (Å²) in [4.78, 5) is 18.2. The molecule has 5 nitrogen and oxygen atoms in total. The van der Waals surface area contributed by atoms with Crippen molar-refractivity contribution >= 4 is 40.2 Å². The molecule has 33 heavy (non-hydrogen) atoms. The maximum absolute atomic E-state index is 12.7. The highest BCUT2D eigenvalue weighted by Crippen LogP contribution is 2.44. The van der Waals surface area contributed by atoms with E-state index < -0.39 is 5.91 Å². The van der Waals surface area contributed by atoms with Crippen LogP contribution in [-0.4, -0.2) is 30.0 Å². The molecule has 0 saturated carbocycles. The Kier molecular flexibility index (Phi) is 6.23. The zero-order valence-electron chi connectivity index (χ0n) is 19.5. The fraction of sp³-hybridized carbons (Fsp3) is 0.333. The molecule has 1 amide bonds. The van der Waals surface area contributed by atoms with Gasteiger partial charge in [0.2, 0.25) is 0 Å². The molecule has 4 rings (SSSR count). The average molecular weight is 461 g/mol. The van der Waals surface area contributed by atoms with E-state index in [0.29, 0.717) is 29.5 Å². The molecular formula is C27H29ClN4O. The number of aromatic amines is 1. The van der Waals surface area contributed by atoms with Gasteiger partial charge in [-0.15, -0.1) is 0 Å². The molecule has 6 heteroatoms. The highest BCUT2D eigenvalue weighted by Gasteiger charge is 2.34. The number of nitriles is 1. The lowest BCUT2D eigenvalue weighted by Crippen LogP contribution is -2.45. The fourth-order valence-electron chi connectivity index (χ4n) is 4.76. The normalized spacial score (nSPS) is 17.5. The topological polar surface area (TPSA) is 71.9 Å². The van der Waals surface area contributed by atoms with Crippen LogP contribution in [0, 0.1) is 11.3 Å². The van der Waals surface area contributed by atoms with Crippen LogP contribution in [0.1, 0.15) is 49.8 Å². The number of nitrogens with one attached hydrogen (secondary N) is 2. The summed E-state index contributed by atoms with van der Waals surface area (Å²) in [5, 5.41) is 14.2. The third kappa shape index (κ3) is 4.49. The Labute approximate surface area is 200 Å². The number of carbonyl (C=O) groups excluding carboxylic acids is 1. The summed E-state index contributed by atoms with van der Waals surface area (Å²) in [6.07, 6.45) is 5.24. The van der Waals surface area contributed by atoms with Gasteiger partial charge in [0.05, 0.1) is 0 Å². The minimum Gasteiger partial charge on any atom is -0.369 e. The number of aromatic nitrogens is 1. The van der Waals surface area contributed by atoms with Gasteiger partial charge in [-0.1, -0.05) is 36.7 Å². The van der Waals surface area contributed by atoms with Crippen molar-refractivity contribution < 1.29 is 4.79 Å². The van der Waals surface area contributed by atoms with Gasteiger partial charge in [0.1, 0.15) is 11.6 Å². The van der Waals surface area contributed by atoms with E-state index in [-0.39, 0.29) is 11.1 Å². The standard InChI is InChI=1S/C27H29ClN4O/c1-17-14-27(2,3)32(4)25-13-23(28)19(12-22(17)25)11-20(15-29)26(33)30-10-9-18-16-31-24-8-6-5-7-21(18)24/h5-8,11-13,16-17,31H,9-10,14H2,1-4H3,(H,30,33)/b20-11-. The van der Waals surface area contributed by atoms with Crippen molar-refractivity contribution in [3.05, 3.63) is 69.9 Å². The predicted octanol–water partition coefficient (Wildman–Crippen LogP) is 5.81. The van der Waals surface area contributed by atoms with Crippen molar-refractivity contribution in [2.24, 2.45) is 0 Å². The van der Waals surface area contributed by atoms with Gasteiger partial charge in [-0.25, -0.2) is 0 Å². The van der Waals surface area contributed by atoms with Crippen LogP contribution < -0.4 is 10.2 Å². The Morgan fingerprint density at radius 3 is 2.88 bits per heavy atom. The lowest BCUT2D eigenvalue weighted by atomic mass is 9.80. The number of carbonyl (C=O) groups is 1. The third-order valence-corrected chi connectivity index (χ3v) is 7.10. The molecule has 0 spiro atoms. The number of amides is 1. The molecule has 3 aromatic rings. The summed E-state index contributed by atoms with van der Waals surface area (Å²) in [5.74, 6) is -0.0384. The zero-order valence-corrected chi connectivity index (χ0v) is 20.3. The van der Waals surface area contributed by atoms with Gasteiger partial charge >= 0.3 is 0 Å². The number of halogens is 1. The van der Waals surface area contributed by atoms with Crippen LogP contribution in [0.15, 0.2) is 48.2 Å². The van der Waals surface area contributed by atoms with Crippen molar-refractivity contribution in [2.45, 2.75) is 45.1 Å². The molecule has 2 heterocycles. The van der Waals surface area contributed by atoms with E-state index in [1.165, 1.54) is 5.56 Å². The van der Waals surface area contributed by atoms with E-state index in [1.807, 2.05) is 42.6 Å². The molecule has 0 saturated heterocycles. The number of rotatable bonds is 5. The molecule has 0 aliphatic carbocycles. The van der Waals surface area contributed by atoms with Crippen LogP contribution in [0.2, 0.25) is 5.02 Å². The first-order valence-corrected chi connectivity index (χ1v) is 11.6. The maximum atomic E-state index is 12.7. The quantitative estimate of drug-likeness (QED) is 0.373. The molecule has 1 aliphatic rings. The Hall–Kier alpha value is -3.23. The van der Waals surface area contributed by atoms with Crippen molar-refractivity contribution in [1.82, 2.24) is 10.3 Å². The number of fused-ring (bicyclic) bond motifs is 2.